The number of nitrogens with one attached hydrogen (secondary N) is 1. The molecular weight excluding hydrogens is 240 g/mol. The van der Waals surface area contributed by atoms with Gasteiger partial charge in [0.2, 0.25) is 0 Å². The van der Waals surface area contributed by atoms with Gasteiger partial charge in [0.15, 0.2) is 0 Å². The fourth-order valence-corrected chi connectivity index (χ4v) is 2.19. The van der Waals surface area contributed by atoms with Crippen LogP contribution in [0.15, 0.2) is 6.33 Å². The van der Waals surface area contributed by atoms with E-state index in [-0.39, 0.29) is 0 Å². The summed E-state index contributed by atoms with van der Waals surface area (Å²) in [6.07, 6.45) is 5.26. The van der Waals surface area contributed by atoms with E-state index in [0.717, 1.165) is 43.3 Å². The van der Waals surface area contributed by atoms with Crippen molar-refractivity contribution < 1.29 is 4.74 Å². The molecule has 0 amide bonds. The van der Waals surface area contributed by atoms with Crippen molar-refractivity contribution in [2.24, 2.45) is 0 Å². The molecule has 106 valence electrons. The van der Waals surface area contributed by atoms with Gasteiger partial charge in [-0.3, -0.25) is 0 Å². The van der Waals surface area contributed by atoms with E-state index in [2.05, 4.69) is 34.0 Å². The summed E-state index contributed by atoms with van der Waals surface area (Å²) in [7, 11) is 1.74. The van der Waals surface area contributed by atoms with Crippen LogP contribution in [0, 0.1) is 6.92 Å². The lowest BCUT2D eigenvalue weighted by Crippen LogP contribution is -2.31. The number of hydrogen-bond acceptors (Lipinski definition) is 5. The molecule has 1 aromatic heterocycles. The van der Waals surface area contributed by atoms with Crippen molar-refractivity contribution in [3.8, 4) is 0 Å². The van der Waals surface area contributed by atoms with Gasteiger partial charge in [-0.05, 0) is 26.2 Å². The Balaban J connectivity index is 2.16. The van der Waals surface area contributed by atoms with Crippen LogP contribution >= 0.6 is 0 Å². The van der Waals surface area contributed by atoms with E-state index in [1.54, 1.807) is 13.4 Å². The second-order valence-corrected chi connectivity index (χ2v) is 5.02. The normalized spacial score (nSPS) is 14.5. The Bertz CT molecular complexity index is 406. The summed E-state index contributed by atoms with van der Waals surface area (Å²) in [6, 6.07) is 0.628. The van der Waals surface area contributed by atoms with Crippen molar-refractivity contribution >= 4 is 11.6 Å². The third kappa shape index (κ3) is 3.56. The van der Waals surface area contributed by atoms with Crippen molar-refractivity contribution in [1.29, 1.82) is 0 Å². The first-order chi connectivity index (χ1) is 9.27. The molecule has 1 N–H and O–H groups in total. The predicted octanol–water partition coefficient (Wildman–Crippen LogP) is 2.22. The zero-order valence-corrected chi connectivity index (χ0v) is 12.1. The molecule has 1 aliphatic carbocycles. The molecule has 0 aliphatic heterocycles. The molecule has 5 heteroatoms. The molecule has 1 aromatic rings. The second kappa shape index (κ2) is 6.70. The van der Waals surface area contributed by atoms with Crippen molar-refractivity contribution in [3.63, 3.8) is 0 Å². The first kappa shape index (κ1) is 14.1. The Kier molecular flexibility index (Phi) is 4.96. The molecule has 0 spiro atoms. The van der Waals surface area contributed by atoms with E-state index in [0.29, 0.717) is 6.04 Å². The molecule has 1 fully saturated rings. The van der Waals surface area contributed by atoms with Gasteiger partial charge < -0.3 is 15.0 Å². The molecule has 1 aliphatic rings. The molecule has 19 heavy (non-hydrogen) atoms. The zero-order valence-electron chi connectivity index (χ0n) is 12.1. The fraction of sp³-hybridized carbons (Fsp3) is 0.714. The molecule has 0 atom stereocenters. The van der Waals surface area contributed by atoms with Crippen LogP contribution in [-0.4, -0.2) is 42.8 Å². The van der Waals surface area contributed by atoms with Gasteiger partial charge in [0.25, 0.3) is 0 Å². The summed E-state index contributed by atoms with van der Waals surface area (Å²) in [5, 5.41) is 3.36. The molecule has 2 rings (SSSR count). The molecular formula is C14H24N4O. The summed E-state index contributed by atoms with van der Waals surface area (Å²) in [5.41, 5.74) is 1.14. The van der Waals surface area contributed by atoms with Gasteiger partial charge in [-0.2, -0.15) is 0 Å². The minimum absolute atomic E-state index is 0.628. The standard InChI is InChI=1S/C14H24N4O/c1-4-7-15-13-11(2)14(17-10-16-13)18(8-9-19-3)12-5-6-12/h10,12H,4-9H2,1-3H3,(H,15,16,17). The highest BCUT2D eigenvalue weighted by Crippen LogP contribution is 2.33. The molecule has 0 saturated heterocycles. The fourth-order valence-electron chi connectivity index (χ4n) is 2.19. The van der Waals surface area contributed by atoms with Gasteiger partial charge in [-0.25, -0.2) is 9.97 Å². The Morgan fingerprint density at radius 1 is 1.42 bits per heavy atom. The maximum Gasteiger partial charge on any atom is 0.137 e. The van der Waals surface area contributed by atoms with E-state index < -0.39 is 0 Å². The highest BCUT2D eigenvalue weighted by molar-refractivity contribution is 5.58. The highest BCUT2D eigenvalue weighted by atomic mass is 16.5. The molecule has 0 bridgehead atoms. The summed E-state index contributed by atoms with van der Waals surface area (Å²) < 4.78 is 5.21. The summed E-state index contributed by atoms with van der Waals surface area (Å²) in [5.74, 6) is 2.00. The molecule has 1 saturated carbocycles. The van der Waals surface area contributed by atoms with Gasteiger partial charge in [0.1, 0.15) is 18.0 Å². The lowest BCUT2D eigenvalue weighted by atomic mass is 10.2. The van der Waals surface area contributed by atoms with Crippen LogP contribution in [0.2, 0.25) is 0 Å². The van der Waals surface area contributed by atoms with Crippen molar-refractivity contribution in [2.75, 3.05) is 37.0 Å². The SMILES string of the molecule is CCCNc1ncnc(N(CCOC)C2CC2)c1C. The average molecular weight is 264 g/mol. The average Bonchev–Trinajstić information content (AvgIpc) is 3.24. The zero-order chi connectivity index (χ0) is 13.7. The quantitative estimate of drug-likeness (QED) is 0.780. The first-order valence-corrected chi connectivity index (χ1v) is 7.09. The maximum atomic E-state index is 5.21. The Morgan fingerprint density at radius 3 is 2.84 bits per heavy atom. The molecule has 1 heterocycles. The monoisotopic (exact) mass is 264 g/mol. The van der Waals surface area contributed by atoms with Gasteiger partial charge in [0, 0.05) is 31.8 Å². The molecule has 0 aromatic carbocycles. The minimum Gasteiger partial charge on any atom is -0.383 e. The van der Waals surface area contributed by atoms with E-state index >= 15 is 0 Å². The summed E-state index contributed by atoms with van der Waals surface area (Å²) >= 11 is 0. The van der Waals surface area contributed by atoms with Crippen LogP contribution in [0.3, 0.4) is 0 Å². The van der Waals surface area contributed by atoms with Crippen LogP contribution in [-0.2, 0) is 4.74 Å². The van der Waals surface area contributed by atoms with Crippen LogP contribution in [0.4, 0.5) is 11.6 Å². The van der Waals surface area contributed by atoms with Crippen molar-refractivity contribution in [1.82, 2.24) is 9.97 Å². The lowest BCUT2D eigenvalue weighted by Gasteiger charge is -2.25. The van der Waals surface area contributed by atoms with Crippen molar-refractivity contribution in [2.45, 2.75) is 39.2 Å². The smallest absolute Gasteiger partial charge is 0.137 e. The Hall–Kier alpha value is -1.36. The van der Waals surface area contributed by atoms with E-state index in [9.17, 15) is 0 Å². The second-order valence-electron chi connectivity index (χ2n) is 5.02. The van der Waals surface area contributed by atoms with E-state index in [1.807, 2.05) is 0 Å². The largest absolute Gasteiger partial charge is 0.383 e. The number of rotatable bonds is 8. The molecule has 5 nitrogen and oxygen atoms in total. The van der Waals surface area contributed by atoms with Gasteiger partial charge in [-0.1, -0.05) is 6.92 Å². The number of ether oxygens (including phenoxy) is 1. The third-order valence-corrected chi connectivity index (χ3v) is 3.40. The van der Waals surface area contributed by atoms with Crippen LogP contribution < -0.4 is 10.2 Å². The predicted molar refractivity (Wildman–Crippen MR) is 77.8 cm³/mol. The van der Waals surface area contributed by atoms with Crippen LogP contribution in [0.5, 0.6) is 0 Å². The highest BCUT2D eigenvalue weighted by Gasteiger charge is 2.31. The lowest BCUT2D eigenvalue weighted by molar-refractivity contribution is 0.204. The number of anilines is 2. The molecule has 0 radical (unpaired) electrons. The number of aromatic nitrogens is 2. The number of nitrogens with zero attached hydrogens (tertiary/aromatic N) is 3. The third-order valence-electron chi connectivity index (χ3n) is 3.40. The van der Waals surface area contributed by atoms with E-state index in [4.69, 9.17) is 4.74 Å². The number of hydrogen-bond donors (Lipinski definition) is 1. The Labute approximate surface area is 115 Å². The van der Waals surface area contributed by atoms with Gasteiger partial charge in [-0.15, -0.1) is 0 Å². The topological polar surface area (TPSA) is 50.3 Å². The van der Waals surface area contributed by atoms with Gasteiger partial charge in [0.05, 0.1) is 6.61 Å². The molecule has 0 unspecified atom stereocenters. The summed E-state index contributed by atoms with van der Waals surface area (Å²) in [4.78, 5) is 11.2. The maximum absolute atomic E-state index is 5.21. The van der Waals surface area contributed by atoms with Crippen molar-refractivity contribution in [3.05, 3.63) is 11.9 Å². The van der Waals surface area contributed by atoms with Crippen LogP contribution in [0.25, 0.3) is 0 Å². The Morgan fingerprint density at radius 2 is 2.21 bits per heavy atom. The number of methoxy groups -OCH3 is 1. The minimum atomic E-state index is 0.628. The van der Waals surface area contributed by atoms with Gasteiger partial charge >= 0.3 is 0 Å². The first-order valence-electron chi connectivity index (χ1n) is 7.09. The van der Waals surface area contributed by atoms with E-state index in [1.165, 1.54) is 12.8 Å². The summed E-state index contributed by atoms with van der Waals surface area (Å²) in [6.45, 7) is 6.82. The van der Waals surface area contributed by atoms with Crippen LogP contribution in [0.1, 0.15) is 31.7 Å².